The van der Waals surface area contributed by atoms with E-state index in [9.17, 15) is 0 Å². The molecule has 0 spiro atoms. The van der Waals surface area contributed by atoms with E-state index >= 15 is 0 Å². The van der Waals surface area contributed by atoms with Crippen molar-refractivity contribution in [2.45, 2.75) is 19.4 Å². The van der Waals surface area contributed by atoms with Crippen LogP contribution in [0.1, 0.15) is 17.5 Å². The molecule has 3 rings (SSSR count). The maximum atomic E-state index is 4.29. The van der Waals surface area contributed by atoms with Crippen LogP contribution in [0.15, 0.2) is 78.0 Å². The van der Waals surface area contributed by atoms with Gasteiger partial charge in [-0.1, -0.05) is 42.5 Å². The average molecular weight is 347 g/mol. The summed E-state index contributed by atoms with van der Waals surface area (Å²) in [4.78, 5) is 4.29. The van der Waals surface area contributed by atoms with Crippen molar-refractivity contribution >= 4 is 5.96 Å². The molecular formula is C21H25N5. The van der Waals surface area contributed by atoms with Crippen LogP contribution in [-0.4, -0.2) is 29.3 Å². The molecule has 0 aliphatic heterocycles. The zero-order valence-corrected chi connectivity index (χ0v) is 15.1. The van der Waals surface area contributed by atoms with Gasteiger partial charge in [0.25, 0.3) is 0 Å². The molecule has 134 valence electrons. The second-order valence-corrected chi connectivity index (χ2v) is 6.06. The Morgan fingerprint density at radius 2 is 1.77 bits per heavy atom. The van der Waals surface area contributed by atoms with E-state index in [1.165, 1.54) is 11.1 Å². The van der Waals surface area contributed by atoms with Gasteiger partial charge in [-0.15, -0.1) is 0 Å². The Hall–Kier alpha value is -3.08. The number of guanidine groups is 1. The molecule has 2 aromatic carbocycles. The molecule has 0 saturated carbocycles. The number of aliphatic imine (C=N–C) groups is 1. The highest BCUT2D eigenvalue weighted by Crippen LogP contribution is 2.08. The number of aromatic nitrogens is 2. The van der Waals surface area contributed by atoms with Gasteiger partial charge in [-0.05, 0) is 42.2 Å². The molecule has 1 heterocycles. The van der Waals surface area contributed by atoms with Crippen molar-refractivity contribution in [1.29, 1.82) is 0 Å². The maximum absolute atomic E-state index is 4.29. The third-order valence-electron chi connectivity index (χ3n) is 4.17. The molecule has 5 heteroatoms. The minimum absolute atomic E-state index is 0.734. The maximum Gasteiger partial charge on any atom is 0.191 e. The summed E-state index contributed by atoms with van der Waals surface area (Å²) in [5.41, 5.74) is 3.63. The first kappa shape index (κ1) is 17.7. The molecule has 3 aromatic rings. The first-order chi connectivity index (χ1) is 12.8. The molecule has 0 atom stereocenters. The third-order valence-corrected chi connectivity index (χ3v) is 4.17. The number of aryl methyl sites for hydroxylation is 1. The fourth-order valence-corrected chi connectivity index (χ4v) is 2.74. The Kier molecular flexibility index (Phi) is 6.42. The molecule has 0 saturated heterocycles. The lowest BCUT2D eigenvalue weighted by molar-refractivity contribution is 0.742. The average Bonchev–Trinajstić information content (AvgIpc) is 3.23. The second-order valence-electron chi connectivity index (χ2n) is 6.06. The Bertz CT molecular complexity index is 792. The van der Waals surface area contributed by atoms with Gasteiger partial charge < -0.3 is 10.6 Å². The minimum atomic E-state index is 0.734. The van der Waals surface area contributed by atoms with Crippen molar-refractivity contribution in [3.8, 4) is 5.69 Å². The summed E-state index contributed by atoms with van der Waals surface area (Å²) in [5, 5.41) is 11.0. The molecule has 0 unspecified atom stereocenters. The Morgan fingerprint density at radius 3 is 2.46 bits per heavy atom. The van der Waals surface area contributed by atoms with Gasteiger partial charge >= 0.3 is 0 Å². The van der Waals surface area contributed by atoms with E-state index in [4.69, 9.17) is 0 Å². The van der Waals surface area contributed by atoms with E-state index in [1.54, 1.807) is 13.2 Å². The van der Waals surface area contributed by atoms with Crippen molar-refractivity contribution in [3.05, 3.63) is 84.2 Å². The molecule has 0 aliphatic carbocycles. The molecule has 1 aromatic heterocycles. The van der Waals surface area contributed by atoms with Gasteiger partial charge in [0.15, 0.2) is 5.96 Å². The van der Waals surface area contributed by atoms with Crippen LogP contribution in [0.2, 0.25) is 0 Å². The van der Waals surface area contributed by atoms with Gasteiger partial charge in [0.05, 0.1) is 5.69 Å². The SMILES string of the molecule is CN=C(NCCCc1ccccc1)NCc1ccc(-n2cccn2)cc1. The van der Waals surface area contributed by atoms with Gasteiger partial charge in [-0.25, -0.2) is 4.68 Å². The normalized spacial score (nSPS) is 11.3. The van der Waals surface area contributed by atoms with Gasteiger partial charge in [-0.3, -0.25) is 4.99 Å². The van der Waals surface area contributed by atoms with E-state index in [2.05, 4.69) is 75.3 Å². The smallest absolute Gasteiger partial charge is 0.191 e. The summed E-state index contributed by atoms with van der Waals surface area (Å²) in [6.07, 6.45) is 5.86. The van der Waals surface area contributed by atoms with Gasteiger partial charge in [0.2, 0.25) is 0 Å². The fourth-order valence-electron chi connectivity index (χ4n) is 2.74. The van der Waals surface area contributed by atoms with E-state index < -0.39 is 0 Å². The van der Waals surface area contributed by atoms with Crippen LogP contribution in [0, 0.1) is 0 Å². The lowest BCUT2D eigenvalue weighted by Crippen LogP contribution is -2.37. The molecule has 2 N–H and O–H groups in total. The largest absolute Gasteiger partial charge is 0.356 e. The summed E-state index contributed by atoms with van der Waals surface area (Å²) >= 11 is 0. The lowest BCUT2D eigenvalue weighted by Gasteiger charge is -2.12. The van der Waals surface area contributed by atoms with Crippen molar-refractivity contribution in [2.24, 2.45) is 4.99 Å². The highest BCUT2D eigenvalue weighted by atomic mass is 15.3. The van der Waals surface area contributed by atoms with E-state index in [0.29, 0.717) is 0 Å². The number of benzene rings is 2. The lowest BCUT2D eigenvalue weighted by atomic mass is 10.1. The quantitative estimate of drug-likeness (QED) is 0.392. The highest BCUT2D eigenvalue weighted by molar-refractivity contribution is 5.79. The van der Waals surface area contributed by atoms with Crippen LogP contribution < -0.4 is 10.6 Å². The predicted molar refractivity (Wildman–Crippen MR) is 107 cm³/mol. The van der Waals surface area contributed by atoms with E-state index in [1.807, 2.05) is 16.9 Å². The molecule has 0 fully saturated rings. The Balaban J connectivity index is 1.41. The van der Waals surface area contributed by atoms with Crippen LogP contribution >= 0.6 is 0 Å². The van der Waals surface area contributed by atoms with Gasteiger partial charge in [0, 0.05) is 32.5 Å². The number of hydrogen-bond acceptors (Lipinski definition) is 2. The molecule has 0 amide bonds. The minimum Gasteiger partial charge on any atom is -0.356 e. The van der Waals surface area contributed by atoms with Crippen LogP contribution in [0.3, 0.4) is 0 Å². The van der Waals surface area contributed by atoms with Crippen molar-refractivity contribution in [1.82, 2.24) is 20.4 Å². The topological polar surface area (TPSA) is 54.2 Å². The van der Waals surface area contributed by atoms with Crippen molar-refractivity contribution < 1.29 is 0 Å². The fraction of sp³-hybridized carbons (Fsp3) is 0.238. The van der Waals surface area contributed by atoms with Gasteiger partial charge in [0.1, 0.15) is 0 Å². The zero-order chi connectivity index (χ0) is 18.0. The summed E-state index contributed by atoms with van der Waals surface area (Å²) in [6.45, 7) is 1.63. The number of hydrogen-bond donors (Lipinski definition) is 2. The highest BCUT2D eigenvalue weighted by Gasteiger charge is 2.00. The Morgan fingerprint density at radius 1 is 0.962 bits per heavy atom. The van der Waals surface area contributed by atoms with E-state index in [-0.39, 0.29) is 0 Å². The number of nitrogens with zero attached hydrogens (tertiary/aromatic N) is 3. The molecule has 26 heavy (non-hydrogen) atoms. The molecule has 5 nitrogen and oxygen atoms in total. The van der Waals surface area contributed by atoms with E-state index in [0.717, 1.165) is 37.6 Å². The first-order valence-corrected chi connectivity index (χ1v) is 8.92. The number of rotatable bonds is 7. The van der Waals surface area contributed by atoms with Crippen molar-refractivity contribution in [3.63, 3.8) is 0 Å². The molecular weight excluding hydrogens is 322 g/mol. The zero-order valence-electron chi connectivity index (χ0n) is 15.1. The van der Waals surface area contributed by atoms with Crippen LogP contribution in [0.25, 0.3) is 5.69 Å². The molecule has 0 aliphatic rings. The summed E-state index contributed by atoms with van der Waals surface area (Å²) in [5.74, 6) is 0.828. The second kappa shape index (κ2) is 9.42. The van der Waals surface area contributed by atoms with Crippen LogP contribution in [0.4, 0.5) is 0 Å². The monoisotopic (exact) mass is 347 g/mol. The first-order valence-electron chi connectivity index (χ1n) is 8.92. The molecule has 0 radical (unpaired) electrons. The predicted octanol–water partition coefficient (Wildman–Crippen LogP) is 3.17. The Labute approximate surface area is 154 Å². The molecule has 0 bridgehead atoms. The van der Waals surface area contributed by atoms with Crippen molar-refractivity contribution in [2.75, 3.05) is 13.6 Å². The number of nitrogens with one attached hydrogen (secondary N) is 2. The summed E-state index contributed by atoms with van der Waals surface area (Å²) < 4.78 is 1.85. The van der Waals surface area contributed by atoms with Crippen LogP contribution in [-0.2, 0) is 13.0 Å². The third kappa shape index (κ3) is 5.21. The summed E-state index contributed by atoms with van der Waals surface area (Å²) in [6, 6.07) is 20.8. The van der Waals surface area contributed by atoms with Gasteiger partial charge in [-0.2, -0.15) is 5.10 Å². The standard InChI is InChI=1S/C21H25N5/c1-22-21(23-14-5-9-18-7-3-2-4-8-18)24-17-19-10-12-20(13-11-19)26-16-6-15-25-26/h2-4,6-8,10-13,15-16H,5,9,14,17H2,1H3,(H2,22,23,24). The van der Waals surface area contributed by atoms with Crippen LogP contribution in [0.5, 0.6) is 0 Å². The summed E-state index contributed by atoms with van der Waals surface area (Å²) in [7, 11) is 1.80.